The average molecular weight is 234 g/mol. The van der Waals surface area contributed by atoms with Crippen molar-refractivity contribution in [3.8, 4) is 0 Å². The Morgan fingerprint density at radius 2 is 2.24 bits per heavy atom. The fourth-order valence-corrected chi connectivity index (χ4v) is 1.98. The Bertz CT molecular complexity index is 482. The van der Waals surface area contributed by atoms with Crippen molar-refractivity contribution in [1.29, 1.82) is 0 Å². The van der Waals surface area contributed by atoms with Crippen LogP contribution in [0.3, 0.4) is 0 Å². The summed E-state index contributed by atoms with van der Waals surface area (Å²) in [6.07, 6.45) is 2.98. The molecule has 0 bridgehead atoms. The van der Waals surface area contributed by atoms with E-state index in [1.165, 1.54) is 23.8 Å². The van der Waals surface area contributed by atoms with Crippen LogP contribution in [-0.2, 0) is 0 Å². The molecule has 1 aromatic carbocycles. The van der Waals surface area contributed by atoms with Gasteiger partial charge in [-0.05, 0) is 31.5 Å². The zero-order valence-electron chi connectivity index (χ0n) is 9.74. The first kappa shape index (κ1) is 11.6. The summed E-state index contributed by atoms with van der Waals surface area (Å²) in [5, 5.41) is 0. The summed E-state index contributed by atoms with van der Waals surface area (Å²) in [5.74, 6) is -0.552. The van der Waals surface area contributed by atoms with Crippen LogP contribution in [0.1, 0.15) is 23.7 Å². The number of anilines is 1. The highest BCUT2D eigenvalue weighted by atomic mass is 19.1. The lowest BCUT2D eigenvalue weighted by atomic mass is 10.1. The quantitative estimate of drug-likeness (QED) is 0.598. The van der Waals surface area contributed by atoms with E-state index in [0.29, 0.717) is 18.7 Å². The van der Waals surface area contributed by atoms with Crippen LogP contribution in [0.2, 0.25) is 0 Å². The second kappa shape index (κ2) is 4.57. The number of benzene rings is 1. The monoisotopic (exact) mass is 234 g/mol. The fraction of sp³-hybridized carbons (Fsp3) is 0.308. The van der Waals surface area contributed by atoms with E-state index < -0.39 is 5.82 Å². The molecular weight excluding hydrogens is 219 g/mol. The van der Waals surface area contributed by atoms with Gasteiger partial charge in [-0.2, -0.15) is 0 Å². The maximum atomic E-state index is 12.9. The molecule has 3 nitrogen and oxygen atoms in total. The van der Waals surface area contributed by atoms with Crippen LogP contribution in [0.15, 0.2) is 29.8 Å². The first-order valence-corrected chi connectivity index (χ1v) is 5.58. The van der Waals surface area contributed by atoms with Crippen molar-refractivity contribution in [2.45, 2.75) is 13.3 Å². The molecule has 2 rings (SSSR count). The summed E-state index contributed by atoms with van der Waals surface area (Å²) in [7, 11) is 0. The largest absolute Gasteiger partial charge is 0.398 e. The number of nitrogen functional groups attached to an aromatic ring is 1. The van der Waals surface area contributed by atoms with Gasteiger partial charge in [-0.15, -0.1) is 0 Å². The Morgan fingerprint density at radius 1 is 1.47 bits per heavy atom. The Morgan fingerprint density at radius 3 is 2.88 bits per heavy atom. The van der Waals surface area contributed by atoms with Gasteiger partial charge in [-0.3, -0.25) is 4.79 Å². The Balaban J connectivity index is 2.22. The van der Waals surface area contributed by atoms with Crippen molar-refractivity contribution >= 4 is 11.6 Å². The number of hydrogen-bond donors (Lipinski definition) is 1. The normalized spacial score (nSPS) is 15.6. The molecule has 1 aliphatic heterocycles. The first-order valence-electron chi connectivity index (χ1n) is 5.58. The average Bonchev–Trinajstić information content (AvgIpc) is 2.28. The number of nitrogens with two attached hydrogens (primary N) is 1. The van der Waals surface area contributed by atoms with Gasteiger partial charge >= 0.3 is 0 Å². The van der Waals surface area contributed by atoms with Crippen LogP contribution in [0.25, 0.3) is 0 Å². The minimum Gasteiger partial charge on any atom is -0.398 e. The van der Waals surface area contributed by atoms with Gasteiger partial charge in [0.05, 0.1) is 5.56 Å². The Labute approximate surface area is 99.7 Å². The third-order valence-corrected chi connectivity index (χ3v) is 2.86. The van der Waals surface area contributed by atoms with Gasteiger partial charge in [0.2, 0.25) is 0 Å². The summed E-state index contributed by atoms with van der Waals surface area (Å²) >= 11 is 0. The van der Waals surface area contributed by atoms with Crippen molar-refractivity contribution in [2.24, 2.45) is 0 Å². The fourth-order valence-electron chi connectivity index (χ4n) is 1.98. The second-order valence-electron chi connectivity index (χ2n) is 4.30. The van der Waals surface area contributed by atoms with Gasteiger partial charge in [0.15, 0.2) is 0 Å². The summed E-state index contributed by atoms with van der Waals surface area (Å²) in [4.78, 5) is 13.9. The van der Waals surface area contributed by atoms with Crippen LogP contribution in [0.5, 0.6) is 0 Å². The minimum atomic E-state index is -0.422. The van der Waals surface area contributed by atoms with Crippen LogP contribution in [0.4, 0.5) is 10.1 Å². The van der Waals surface area contributed by atoms with Gasteiger partial charge in [0.1, 0.15) is 5.82 Å². The van der Waals surface area contributed by atoms with Gasteiger partial charge in [-0.1, -0.05) is 11.6 Å². The lowest BCUT2D eigenvalue weighted by molar-refractivity contribution is 0.0767. The molecule has 0 unspecified atom stereocenters. The summed E-state index contributed by atoms with van der Waals surface area (Å²) < 4.78 is 12.9. The predicted molar refractivity (Wildman–Crippen MR) is 65.1 cm³/mol. The molecule has 0 aliphatic carbocycles. The zero-order valence-corrected chi connectivity index (χ0v) is 9.74. The topological polar surface area (TPSA) is 46.3 Å². The molecule has 0 spiro atoms. The molecule has 0 saturated carbocycles. The van der Waals surface area contributed by atoms with Crippen molar-refractivity contribution in [1.82, 2.24) is 4.90 Å². The van der Waals surface area contributed by atoms with Gasteiger partial charge in [0.25, 0.3) is 5.91 Å². The smallest absolute Gasteiger partial charge is 0.256 e. The molecule has 17 heavy (non-hydrogen) atoms. The van der Waals surface area contributed by atoms with Crippen LogP contribution in [0, 0.1) is 5.82 Å². The van der Waals surface area contributed by atoms with E-state index in [9.17, 15) is 9.18 Å². The van der Waals surface area contributed by atoms with E-state index in [4.69, 9.17) is 5.73 Å². The number of rotatable bonds is 1. The van der Waals surface area contributed by atoms with Gasteiger partial charge in [-0.25, -0.2) is 4.39 Å². The lowest BCUT2D eigenvalue weighted by Gasteiger charge is -2.26. The number of halogens is 1. The van der Waals surface area contributed by atoms with Gasteiger partial charge < -0.3 is 10.6 Å². The van der Waals surface area contributed by atoms with Crippen molar-refractivity contribution in [3.63, 3.8) is 0 Å². The summed E-state index contributed by atoms with van der Waals surface area (Å²) in [6, 6.07) is 3.89. The SMILES string of the molecule is CC1=CCCN(C(=O)c2ccc(F)cc2N)C1. The molecule has 90 valence electrons. The minimum absolute atomic E-state index is 0.130. The van der Waals surface area contributed by atoms with E-state index in [1.54, 1.807) is 4.90 Å². The van der Waals surface area contributed by atoms with E-state index >= 15 is 0 Å². The molecule has 0 aromatic heterocycles. The summed E-state index contributed by atoms with van der Waals surface area (Å²) in [5.41, 5.74) is 7.41. The highest BCUT2D eigenvalue weighted by Gasteiger charge is 2.20. The van der Waals surface area contributed by atoms with E-state index in [0.717, 1.165) is 6.42 Å². The number of amides is 1. The van der Waals surface area contributed by atoms with Crippen LogP contribution >= 0.6 is 0 Å². The van der Waals surface area contributed by atoms with Crippen LogP contribution < -0.4 is 5.73 Å². The summed E-state index contributed by atoms with van der Waals surface area (Å²) in [6.45, 7) is 3.30. The molecule has 2 N–H and O–H groups in total. The number of nitrogens with zero attached hydrogens (tertiary/aromatic N) is 1. The Hall–Kier alpha value is -1.84. The maximum Gasteiger partial charge on any atom is 0.256 e. The van der Waals surface area contributed by atoms with Crippen LogP contribution in [-0.4, -0.2) is 23.9 Å². The number of hydrogen-bond acceptors (Lipinski definition) is 2. The molecule has 1 aromatic rings. The molecule has 1 amide bonds. The Kier molecular flexibility index (Phi) is 3.13. The van der Waals surface area contributed by atoms with Crippen molar-refractivity contribution in [3.05, 3.63) is 41.2 Å². The molecule has 0 atom stereocenters. The third kappa shape index (κ3) is 2.46. The molecule has 4 heteroatoms. The molecule has 0 saturated heterocycles. The molecular formula is C13H15FN2O. The van der Waals surface area contributed by atoms with E-state index in [1.807, 2.05) is 6.92 Å². The third-order valence-electron chi connectivity index (χ3n) is 2.86. The highest BCUT2D eigenvalue weighted by Crippen LogP contribution is 2.18. The molecule has 1 heterocycles. The molecule has 1 aliphatic rings. The highest BCUT2D eigenvalue weighted by molar-refractivity contribution is 5.99. The maximum absolute atomic E-state index is 12.9. The molecule has 0 radical (unpaired) electrons. The lowest BCUT2D eigenvalue weighted by Crippen LogP contribution is -2.35. The standard InChI is InChI=1S/C13H15FN2O/c1-9-3-2-6-16(8-9)13(17)11-5-4-10(14)7-12(11)15/h3-5,7H,2,6,8,15H2,1H3. The van der Waals surface area contributed by atoms with E-state index in [-0.39, 0.29) is 11.6 Å². The van der Waals surface area contributed by atoms with Crippen molar-refractivity contribution < 1.29 is 9.18 Å². The number of carbonyl (C=O) groups excluding carboxylic acids is 1. The first-order chi connectivity index (χ1) is 8.08. The zero-order chi connectivity index (χ0) is 12.4. The second-order valence-corrected chi connectivity index (χ2v) is 4.30. The molecule has 0 fully saturated rings. The van der Waals surface area contributed by atoms with E-state index in [2.05, 4.69) is 6.08 Å². The van der Waals surface area contributed by atoms with Gasteiger partial charge in [0, 0.05) is 18.8 Å². The predicted octanol–water partition coefficient (Wildman–Crippen LogP) is 2.20. The van der Waals surface area contributed by atoms with Crippen molar-refractivity contribution in [2.75, 3.05) is 18.8 Å². The number of carbonyl (C=O) groups is 1.